The molecule has 0 amide bonds. The molecule has 0 aromatic carbocycles. The molecule has 0 aliphatic rings. The Morgan fingerprint density at radius 3 is 1.62 bits per heavy atom. The van der Waals surface area contributed by atoms with Gasteiger partial charge in [0.2, 0.25) is 0 Å². The van der Waals surface area contributed by atoms with Crippen LogP contribution in [0.4, 0.5) is 0 Å². The van der Waals surface area contributed by atoms with Crippen molar-refractivity contribution in [1.29, 1.82) is 0 Å². The van der Waals surface area contributed by atoms with E-state index >= 15 is 0 Å². The van der Waals surface area contributed by atoms with Gasteiger partial charge in [-0.15, -0.1) is 0 Å². The second kappa shape index (κ2) is 5.64. The monoisotopic (exact) mass is 185 g/mol. The van der Waals surface area contributed by atoms with Crippen LogP contribution in [0, 0.1) is 11.8 Å². The first-order valence-corrected chi connectivity index (χ1v) is 5.58. The molecule has 0 bridgehead atoms. The second-order valence-electron chi connectivity index (χ2n) is 5.20. The number of nitrogens with zero attached hydrogens (tertiary/aromatic N) is 1. The highest BCUT2D eigenvalue weighted by molar-refractivity contribution is 4.75. The van der Waals surface area contributed by atoms with E-state index < -0.39 is 0 Å². The smallest absolute Gasteiger partial charge is 0.0120 e. The molecule has 0 rings (SSSR count). The Kier molecular flexibility index (Phi) is 5.62. The minimum Gasteiger partial charge on any atom is -0.301 e. The third-order valence-electron chi connectivity index (χ3n) is 2.82. The standard InChI is InChI=1S/C12H27N/c1-9(2)8-12(10(3)4)13(7)11(5)6/h9-12H,8H2,1-7H3/t12-/m0/s1. The summed E-state index contributed by atoms with van der Waals surface area (Å²) in [6.07, 6.45) is 1.31. The minimum atomic E-state index is 0.658. The van der Waals surface area contributed by atoms with Gasteiger partial charge in [-0.05, 0) is 39.2 Å². The van der Waals surface area contributed by atoms with Crippen molar-refractivity contribution in [2.45, 2.75) is 60.0 Å². The third kappa shape index (κ3) is 4.66. The van der Waals surface area contributed by atoms with Crippen molar-refractivity contribution in [3.8, 4) is 0 Å². The molecule has 0 saturated heterocycles. The number of rotatable bonds is 5. The zero-order chi connectivity index (χ0) is 10.6. The normalized spacial score (nSPS) is 15.0. The highest BCUT2D eigenvalue weighted by Gasteiger charge is 2.21. The van der Waals surface area contributed by atoms with Gasteiger partial charge in [0.05, 0.1) is 0 Å². The van der Waals surface area contributed by atoms with E-state index in [1.54, 1.807) is 0 Å². The summed E-state index contributed by atoms with van der Waals surface area (Å²) in [5, 5.41) is 0. The van der Waals surface area contributed by atoms with E-state index in [-0.39, 0.29) is 0 Å². The summed E-state index contributed by atoms with van der Waals surface area (Å²) < 4.78 is 0. The SMILES string of the molecule is CC(C)C[C@@H](C(C)C)N(C)C(C)C. The third-order valence-corrected chi connectivity index (χ3v) is 2.82. The first-order chi connectivity index (χ1) is 5.86. The summed E-state index contributed by atoms with van der Waals surface area (Å²) in [7, 11) is 2.25. The molecule has 0 aromatic heterocycles. The number of hydrogen-bond donors (Lipinski definition) is 0. The van der Waals surface area contributed by atoms with Crippen molar-refractivity contribution in [2.24, 2.45) is 11.8 Å². The first kappa shape index (κ1) is 13.0. The van der Waals surface area contributed by atoms with E-state index in [1.807, 2.05) is 0 Å². The average Bonchev–Trinajstić information content (AvgIpc) is 1.97. The van der Waals surface area contributed by atoms with Gasteiger partial charge in [0.1, 0.15) is 0 Å². The highest BCUT2D eigenvalue weighted by Crippen LogP contribution is 2.19. The van der Waals surface area contributed by atoms with Gasteiger partial charge in [0, 0.05) is 12.1 Å². The van der Waals surface area contributed by atoms with Crippen molar-refractivity contribution in [3.63, 3.8) is 0 Å². The maximum absolute atomic E-state index is 2.50. The van der Waals surface area contributed by atoms with Crippen LogP contribution in [0.1, 0.15) is 48.0 Å². The summed E-state index contributed by atoms with van der Waals surface area (Å²) in [6, 6.07) is 1.39. The van der Waals surface area contributed by atoms with Crippen molar-refractivity contribution in [2.75, 3.05) is 7.05 Å². The topological polar surface area (TPSA) is 3.24 Å². The summed E-state index contributed by atoms with van der Waals surface area (Å²) in [6.45, 7) is 13.8. The van der Waals surface area contributed by atoms with E-state index in [0.717, 1.165) is 17.9 Å². The van der Waals surface area contributed by atoms with Gasteiger partial charge in [0.15, 0.2) is 0 Å². The minimum absolute atomic E-state index is 0.658. The van der Waals surface area contributed by atoms with Gasteiger partial charge in [-0.2, -0.15) is 0 Å². The molecule has 0 aliphatic heterocycles. The lowest BCUT2D eigenvalue weighted by Crippen LogP contribution is -2.41. The van der Waals surface area contributed by atoms with Gasteiger partial charge in [-0.1, -0.05) is 27.7 Å². The second-order valence-corrected chi connectivity index (χ2v) is 5.20. The van der Waals surface area contributed by atoms with Gasteiger partial charge in [-0.25, -0.2) is 0 Å². The molecular weight excluding hydrogens is 158 g/mol. The Hall–Kier alpha value is -0.0400. The maximum Gasteiger partial charge on any atom is 0.0120 e. The summed E-state index contributed by atoms with van der Waals surface area (Å²) in [4.78, 5) is 2.50. The predicted molar refractivity (Wildman–Crippen MR) is 61.0 cm³/mol. The number of hydrogen-bond acceptors (Lipinski definition) is 1. The Bertz CT molecular complexity index is 127. The summed E-state index contributed by atoms with van der Waals surface area (Å²) in [5.41, 5.74) is 0. The zero-order valence-corrected chi connectivity index (χ0v) is 10.5. The van der Waals surface area contributed by atoms with Crippen LogP contribution in [-0.4, -0.2) is 24.0 Å². The van der Waals surface area contributed by atoms with E-state index in [0.29, 0.717) is 6.04 Å². The molecule has 80 valence electrons. The van der Waals surface area contributed by atoms with Gasteiger partial charge in [-0.3, -0.25) is 0 Å². The van der Waals surface area contributed by atoms with Crippen LogP contribution < -0.4 is 0 Å². The molecule has 0 radical (unpaired) electrons. The van der Waals surface area contributed by atoms with Crippen LogP contribution >= 0.6 is 0 Å². The van der Waals surface area contributed by atoms with E-state index in [4.69, 9.17) is 0 Å². The maximum atomic E-state index is 2.50. The summed E-state index contributed by atoms with van der Waals surface area (Å²) in [5.74, 6) is 1.56. The molecule has 13 heavy (non-hydrogen) atoms. The van der Waals surface area contributed by atoms with Crippen molar-refractivity contribution < 1.29 is 0 Å². The fourth-order valence-electron chi connectivity index (χ4n) is 1.77. The summed E-state index contributed by atoms with van der Waals surface area (Å²) >= 11 is 0. The lowest BCUT2D eigenvalue weighted by atomic mass is 9.93. The highest BCUT2D eigenvalue weighted by atomic mass is 15.2. The van der Waals surface area contributed by atoms with E-state index in [1.165, 1.54) is 6.42 Å². The Balaban J connectivity index is 4.24. The molecule has 0 unspecified atom stereocenters. The quantitative estimate of drug-likeness (QED) is 0.634. The first-order valence-electron chi connectivity index (χ1n) is 5.58. The van der Waals surface area contributed by atoms with Crippen LogP contribution in [0.2, 0.25) is 0 Å². The van der Waals surface area contributed by atoms with Gasteiger partial charge in [0.25, 0.3) is 0 Å². The Labute approximate surface area is 84.5 Å². The molecule has 0 N–H and O–H groups in total. The lowest BCUT2D eigenvalue weighted by molar-refractivity contribution is 0.132. The molecule has 0 saturated carbocycles. The van der Waals surface area contributed by atoms with Crippen LogP contribution in [0.25, 0.3) is 0 Å². The van der Waals surface area contributed by atoms with Crippen molar-refractivity contribution >= 4 is 0 Å². The van der Waals surface area contributed by atoms with E-state index in [2.05, 4.69) is 53.5 Å². The fraction of sp³-hybridized carbons (Fsp3) is 1.00. The molecule has 1 atom stereocenters. The van der Waals surface area contributed by atoms with Gasteiger partial charge >= 0.3 is 0 Å². The largest absolute Gasteiger partial charge is 0.301 e. The molecule has 0 heterocycles. The molecule has 1 nitrogen and oxygen atoms in total. The van der Waals surface area contributed by atoms with Crippen LogP contribution in [0.15, 0.2) is 0 Å². The van der Waals surface area contributed by atoms with Crippen LogP contribution in [0.3, 0.4) is 0 Å². The Morgan fingerprint density at radius 2 is 1.38 bits per heavy atom. The molecule has 0 aliphatic carbocycles. The molecular formula is C12H27N. The van der Waals surface area contributed by atoms with Crippen LogP contribution in [-0.2, 0) is 0 Å². The van der Waals surface area contributed by atoms with Crippen LogP contribution in [0.5, 0.6) is 0 Å². The van der Waals surface area contributed by atoms with Gasteiger partial charge < -0.3 is 4.90 Å². The lowest BCUT2D eigenvalue weighted by Gasteiger charge is -2.35. The predicted octanol–water partition coefficient (Wildman–Crippen LogP) is 3.40. The zero-order valence-electron chi connectivity index (χ0n) is 10.5. The van der Waals surface area contributed by atoms with Crippen molar-refractivity contribution in [1.82, 2.24) is 4.90 Å². The fourth-order valence-corrected chi connectivity index (χ4v) is 1.77. The molecule has 0 fully saturated rings. The van der Waals surface area contributed by atoms with Crippen molar-refractivity contribution in [3.05, 3.63) is 0 Å². The Morgan fingerprint density at radius 1 is 0.923 bits per heavy atom. The molecule has 0 aromatic rings. The van der Waals surface area contributed by atoms with E-state index in [9.17, 15) is 0 Å². The molecule has 0 spiro atoms. The average molecular weight is 185 g/mol. The molecule has 1 heteroatoms.